The van der Waals surface area contributed by atoms with Crippen molar-refractivity contribution in [3.63, 3.8) is 0 Å². The summed E-state index contributed by atoms with van der Waals surface area (Å²) in [6.07, 6.45) is 1.39. The van der Waals surface area contributed by atoms with Gasteiger partial charge in [0.25, 0.3) is 0 Å². The van der Waals surface area contributed by atoms with Crippen LogP contribution in [0.3, 0.4) is 0 Å². The molecule has 21 heavy (non-hydrogen) atoms. The van der Waals surface area contributed by atoms with Crippen molar-refractivity contribution in [3.05, 3.63) is 26.8 Å². The molecule has 2 rings (SSSR count). The van der Waals surface area contributed by atoms with Crippen LogP contribution in [0.1, 0.15) is 33.6 Å². The second-order valence-electron chi connectivity index (χ2n) is 6.30. The lowest BCUT2D eigenvalue weighted by Crippen LogP contribution is -2.44. The van der Waals surface area contributed by atoms with Crippen molar-refractivity contribution >= 4 is 40.3 Å². The molecular formula is C15H19ClINO3. The molecule has 116 valence electrons. The standard InChI is InChI=1S/C15H19ClINO3/c1-14(2,3)21-13(19)18-15(4-5-15)9-20-12-7-10(16)6-11(17)8-12/h6-8H,4-5,9H2,1-3H3,(H,18,19). The summed E-state index contributed by atoms with van der Waals surface area (Å²) in [5.41, 5.74) is -0.805. The minimum absolute atomic E-state index is 0.309. The molecule has 0 spiro atoms. The molecule has 1 fully saturated rings. The highest BCUT2D eigenvalue weighted by Crippen LogP contribution is 2.36. The van der Waals surface area contributed by atoms with Gasteiger partial charge in [-0.25, -0.2) is 4.79 Å². The Morgan fingerprint density at radius 1 is 1.38 bits per heavy atom. The summed E-state index contributed by atoms with van der Waals surface area (Å²) in [5.74, 6) is 0.712. The van der Waals surface area contributed by atoms with Crippen LogP contribution in [0, 0.1) is 3.57 Å². The topological polar surface area (TPSA) is 47.6 Å². The van der Waals surface area contributed by atoms with Crippen LogP contribution in [0.25, 0.3) is 0 Å². The molecule has 0 aliphatic heterocycles. The van der Waals surface area contributed by atoms with E-state index < -0.39 is 11.7 Å². The van der Waals surface area contributed by atoms with Crippen molar-refractivity contribution in [1.29, 1.82) is 0 Å². The van der Waals surface area contributed by atoms with Gasteiger partial charge in [-0.15, -0.1) is 0 Å². The first-order chi connectivity index (χ1) is 9.67. The number of halogens is 2. The van der Waals surface area contributed by atoms with E-state index in [2.05, 4.69) is 27.9 Å². The van der Waals surface area contributed by atoms with Gasteiger partial charge in [0.15, 0.2) is 0 Å². The van der Waals surface area contributed by atoms with Crippen molar-refractivity contribution in [2.75, 3.05) is 6.61 Å². The Labute approximate surface area is 143 Å². The molecular weight excluding hydrogens is 405 g/mol. The normalized spacial score (nSPS) is 16.2. The molecule has 1 aromatic carbocycles. The van der Waals surface area contributed by atoms with E-state index in [1.165, 1.54) is 0 Å². The smallest absolute Gasteiger partial charge is 0.408 e. The number of alkyl carbamates (subject to hydrolysis) is 1. The predicted molar refractivity (Wildman–Crippen MR) is 91.0 cm³/mol. The number of nitrogens with one attached hydrogen (secondary N) is 1. The first-order valence-corrected chi connectivity index (χ1v) is 8.23. The van der Waals surface area contributed by atoms with Crippen molar-refractivity contribution in [1.82, 2.24) is 5.32 Å². The van der Waals surface area contributed by atoms with Gasteiger partial charge < -0.3 is 14.8 Å². The van der Waals surface area contributed by atoms with Crippen LogP contribution in [0.5, 0.6) is 5.75 Å². The molecule has 1 aliphatic carbocycles. The third kappa shape index (κ3) is 5.54. The van der Waals surface area contributed by atoms with Gasteiger partial charge in [0, 0.05) is 8.59 Å². The largest absolute Gasteiger partial charge is 0.491 e. The Bertz CT molecular complexity index is 518. The minimum atomic E-state index is -0.496. The fourth-order valence-electron chi connectivity index (χ4n) is 1.81. The van der Waals surface area contributed by atoms with Crippen LogP contribution in [0.2, 0.25) is 5.02 Å². The van der Waals surface area contributed by atoms with E-state index in [0.717, 1.165) is 16.4 Å². The summed E-state index contributed by atoms with van der Waals surface area (Å²) in [4.78, 5) is 11.8. The zero-order chi connectivity index (χ0) is 15.7. The van der Waals surface area contributed by atoms with Crippen molar-refractivity contribution < 1.29 is 14.3 Å². The van der Waals surface area contributed by atoms with Gasteiger partial charge in [0.1, 0.15) is 18.0 Å². The number of rotatable bonds is 4. The quantitative estimate of drug-likeness (QED) is 0.731. The lowest BCUT2D eigenvalue weighted by molar-refractivity contribution is 0.0477. The fourth-order valence-corrected chi connectivity index (χ4v) is 2.86. The van der Waals surface area contributed by atoms with Gasteiger partial charge in [-0.05, 0) is 74.4 Å². The van der Waals surface area contributed by atoms with Gasteiger partial charge in [0.05, 0.1) is 5.54 Å². The van der Waals surface area contributed by atoms with Gasteiger partial charge in [0.2, 0.25) is 0 Å². The van der Waals surface area contributed by atoms with Gasteiger partial charge in [-0.1, -0.05) is 11.6 Å². The Hall–Kier alpha value is -0.690. The molecule has 0 radical (unpaired) electrons. The van der Waals surface area contributed by atoms with Crippen LogP contribution >= 0.6 is 34.2 Å². The van der Waals surface area contributed by atoms with Crippen LogP contribution in [-0.4, -0.2) is 23.8 Å². The lowest BCUT2D eigenvalue weighted by atomic mass is 10.2. The number of hydrogen-bond acceptors (Lipinski definition) is 3. The van der Waals surface area contributed by atoms with E-state index >= 15 is 0 Å². The van der Waals surface area contributed by atoms with Crippen LogP contribution in [0.15, 0.2) is 18.2 Å². The summed E-state index contributed by atoms with van der Waals surface area (Å²) in [6, 6.07) is 5.55. The number of amides is 1. The highest BCUT2D eigenvalue weighted by Gasteiger charge is 2.46. The average Bonchev–Trinajstić information content (AvgIpc) is 3.03. The summed E-state index contributed by atoms with van der Waals surface area (Å²) in [5, 5.41) is 3.54. The number of ether oxygens (including phenoxy) is 2. The number of carbonyl (C=O) groups is 1. The predicted octanol–water partition coefficient (Wildman–Crippen LogP) is 4.38. The molecule has 1 saturated carbocycles. The summed E-state index contributed by atoms with van der Waals surface area (Å²) >= 11 is 8.19. The highest BCUT2D eigenvalue weighted by atomic mass is 127. The minimum Gasteiger partial charge on any atom is -0.491 e. The second kappa shape index (κ2) is 6.20. The summed E-state index contributed by atoms with van der Waals surface area (Å²) < 4.78 is 12.1. The van der Waals surface area contributed by atoms with E-state index in [-0.39, 0.29) is 5.54 Å². The molecule has 0 saturated heterocycles. The third-order valence-corrected chi connectivity index (χ3v) is 3.81. The lowest BCUT2D eigenvalue weighted by Gasteiger charge is -2.23. The Balaban J connectivity index is 1.89. The van der Waals surface area contributed by atoms with Crippen molar-refractivity contribution in [2.45, 2.75) is 44.8 Å². The molecule has 1 N–H and O–H groups in total. The molecule has 0 unspecified atom stereocenters. The Kier molecular flexibility index (Phi) is 4.92. The molecule has 0 heterocycles. The first kappa shape index (κ1) is 16.7. The summed E-state index contributed by atoms with van der Waals surface area (Å²) in [7, 11) is 0. The van der Waals surface area contributed by atoms with E-state index in [0.29, 0.717) is 17.4 Å². The maximum atomic E-state index is 11.8. The van der Waals surface area contributed by atoms with E-state index in [4.69, 9.17) is 21.1 Å². The maximum absolute atomic E-state index is 11.8. The SMILES string of the molecule is CC(C)(C)OC(=O)NC1(COc2cc(Cl)cc(I)c2)CC1. The van der Waals surface area contributed by atoms with Crippen LogP contribution < -0.4 is 10.1 Å². The highest BCUT2D eigenvalue weighted by molar-refractivity contribution is 14.1. The van der Waals surface area contributed by atoms with Gasteiger partial charge in [-0.3, -0.25) is 0 Å². The van der Waals surface area contributed by atoms with Crippen molar-refractivity contribution in [3.8, 4) is 5.75 Å². The molecule has 0 aromatic heterocycles. The average molecular weight is 424 g/mol. The molecule has 1 amide bonds. The maximum Gasteiger partial charge on any atom is 0.408 e. The van der Waals surface area contributed by atoms with Gasteiger partial charge >= 0.3 is 6.09 Å². The number of hydrogen-bond donors (Lipinski definition) is 1. The zero-order valence-electron chi connectivity index (χ0n) is 12.3. The molecule has 1 aliphatic rings. The molecule has 1 aromatic rings. The number of carbonyl (C=O) groups excluding carboxylic acids is 1. The zero-order valence-corrected chi connectivity index (χ0v) is 15.2. The molecule has 0 bridgehead atoms. The fraction of sp³-hybridized carbons (Fsp3) is 0.533. The van der Waals surface area contributed by atoms with E-state index in [9.17, 15) is 4.79 Å². The third-order valence-electron chi connectivity index (χ3n) is 2.97. The monoisotopic (exact) mass is 423 g/mol. The molecule has 0 atom stereocenters. The van der Waals surface area contributed by atoms with Crippen LogP contribution in [0.4, 0.5) is 4.79 Å². The first-order valence-electron chi connectivity index (χ1n) is 6.78. The molecule has 4 nitrogen and oxygen atoms in total. The van der Waals surface area contributed by atoms with Crippen LogP contribution in [-0.2, 0) is 4.74 Å². The molecule has 6 heteroatoms. The van der Waals surface area contributed by atoms with E-state index in [1.54, 1.807) is 6.07 Å². The van der Waals surface area contributed by atoms with E-state index in [1.807, 2.05) is 32.9 Å². The number of benzene rings is 1. The summed E-state index contributed by atoms with van der Waals surface area (Å²) in [6.45, 7) is 5.95. The van der Waals surface area contributed by atoms with Gasteiger partial charge in [-0.2, -0.15) is 0 Å². The second-order valence-corrected chi connectivity index (χ2v) is 7.98. The Morgan fingerprint density at radius 3 is 2.57 bits per heavy atom. The Morgan fingerprint density at radius 2 is 2.05 bits per heavy atom. The van der Waals surface area contributed by atoms with Crippen molar-refractivity contribution in [2.24, 2.45) is 0 Å².